The van der Waals surface area contributed by atoms with E-state index in [-0.39, 0.29) is 0 Å². The largest absolute Gasteiger partial charge is 0.363 e. The van der Waals surface area contributed by atoms with E-state index >= 15 is 0 Å². The molecule has 0 bridgehead atoms. The van der Waals surface area contributed by atoms with Crippen molar-refractivity contribution in [2.45, 2.75) is 19.9 Å². The van der Waals surface area contributed by atoms with E-state index in [0.29, 0.717) is 0 Å². The van der Waals surface area contributed by atoms with Gasteiger partial charge in [0.2, 0.25) is 0 Å². The van der Waals surface area contributed by atoms with E-state index in [0.717, 1.165) is 50.8 Å². The van der Waals surface area contributed by atoms with Gasteiger partial charge >= 0.3 is 0 Å². The Bertz CT molecular complexity index is 414. The predicted molar refractivity (Wildman–Crippen MR) is 89.8 cm³/mol. The SMILES string of the molecule is CCCNC(=S)N1CCN(Cc2ccc(Br)s2)CC1. The van der Waals surface area contributed by atoms with Crippen LogP contribution in [0.25, 0.3) is 0 Å². The third kappa shape index (κ3) is 4.70. The van der Waals surface area contributed by atoms with E-state index in [1.165, 1.54) is 8.66 Å². The Morgan fingerprint density at radius 3 is 2.68 bits per heavy atom. The van der Waals surface area contributed by atoms with E-state index in [1.807, 2.05) is 11.3 Å². The van der Waals surface area contributed by atoms with E-state index in [2.05, 4.69) is 50.1 Å². The fourth-order valence-corrected chi connectivity index (χ4v) is 3.92. The summed E-state index contributed by atoms with van der Waals surface area (Å²) in [6, 6.07) is 4.33. The van der Waals surface area contributed by atoms with Gasteiger partial charge in [-0.1, -0.05) is 6.92 Å². The first-order valence-corrected chi connectivity index (χ1v) is 8.70. The number of halogens is 1. The molecule has 2 heterocycles. The lowest BCUT2D eigenvalue weighted by Gasteiger charge is -2.36. The first-order chi connectivity index (χ1) is 9.19. The van der Waals surface area contributed by atoms with Crippen molar-refractivity contribution in [1.29, 1.82) is 0 Å². The summed E-state index contributed by atoms with van der Waals surface area (Å²) >= 11 is 10.7. The maximum atomic E-state index is 5.40. The average molecular weight is 362 g/mol. The highest BCUT2D eigenvalue weighted by Gasteiger charge is 2.18. The molecule has 0 radical (unpaired) electrons. The van der Waals surface area contributed by atoms with Gasteiger partial charge < -0.3 is 10.2 Å². The summed E-state index contributed by atoms with van der Waals surface area (Å²) in [5.74, 6) is 0. The molecule has 1 fully saturated rings. The summed E-state index contributed by atoms with van der Waals surface area (Å²) in [5.41, 5.74) is 0. The second-order valence-corrected chi connectivity index (χ2v) is 7.64. The van der Waals surface area contributed by atoms with Crippen molar-refractivity contribution in [3.63, 3.8) is 0 Å². The molecule has 0 atom stereocenters. The van der Waals surface area contributed by atoms with Crippen molar-refractivity contribution in [2.24, 2.45) is 0 Å². The Morgan fingerprint density at radius 1 is 1.37 bits per heavy atom. The molecule has 1 saturated heterocycles. The van der Waals surface area contributed by atoms with Gasteiger partial charge in [-0.15, -0.1) is 11.3 Å². The minimum atomic E-state index is 0.917. The Balaban J connectivity index is 1.74. The molecule has 0 saturated carbocycles. The van der Waals surface area contributed by atoms with Crippen LogP contribution in [0.5, 0.6) is 0 Å². The lowest BCUT2D eigenvalue weighted by atomic mass is 10.3. The molecule has 1 aliphatic heterocycles. The quantitative estimate of drug-likeness (QED) is 0.830. The van der Waals surface area contributed by atoms with Gasteiger partial charge in [-0.2, -0.15) is 0 Å². The fourth-order valence-electron chi connectivity index (χ4n) is 2.11. The van der Waals surface area contributed by atoms with Crippen molar-refractivity contribution in [1.82, 2.24) is 15.1 Å². The molecule has 1 aliphatic rings. The van der Waals surface area contributed by atoms with Gasteiger partial charge in [0.25, 0.3) is 0 Å². The molecule has 0 unspecified atom stereocenters. The van der Waals surface area contributed by atoms with Gasteiger partial charge in [-0.05, 0) is 46.7 Å². The highest BCUT2D eigenvalue weighted by molar-refractivity contribution is 9.11. The number of thiocarbonyl (C=S) groups is 1. The Labute approximate surface area is 133 Å². The van der Waals surface area contributed by atoms with Crippen LogP contribution in [0.1, 0.15) is 18.2 Å². The van der Waals surface area contributed by atoms with Crippen LogP contribution in [0.3, 0.4) is 0 Å². The topological polar surface area (TPSA) is 18.5 Å². The zero-order chi connectivity index (χ0) is 13.7. The molecule has 1 aromatic rings. The molecule has 2 rings (SSSR count). The molecule has 1 aromatic heterocycles. The Morgan fingerprint density at radius 2 is 2.11 bits per heavy atom. The minimum Gasteiger partial charge on any atom is -0.363 e. The molecule has 0 amide bonds. The number of nitrogens with zero attached hydrogens (tertiary/aromatic N) is 2. The molecular weight excluding hydrogens is 342 g/mol. The van der Waals surface area contributed by atoms with Crippen molar-refractivity contribution in [2.75, 3.05) is 32.7 Å². The molecule has 6 heteroatoms. The number of thiophene rings is 1. The maximum Gasteiger partial charge on any atom is 0.169 e. The van der Waals surface area contributed by atoms with Crippen LogP contribution in [0.15, 0.2) is 15.9 Å². The second-order valence-electron chi connectivity index (χ2n) is 4.70. The first-order valence-electron chi connectivity index (χ1n) is 6.68. The fraction of sp³-hybridized carbons (Fsp3) is 0.615. The molecule has 106 valence electrons. The van der Waals surface area contributed by atoms with E-state index in [4.69, 9.17) is 12.2 Å². The summed E-state index contributed by atoms with van der Waals surface area (Å²) in [4.78, 5) is 6.20. The van der Waals surface area contributed by atoms with Crippen LogP contribution in [-0.4, -0.2) is 47.6 Å². The van der Waals surface area contributed by atoms with Crippen molar-refractivity contribution in [3.8, 4) is 0 Å². The van der Waals surface area contributed by atoms with Gasteiger partial charge in [0.05, 0.1) is 3.79 Å². The maximum absolute atomic E-state index is 5.40. The Kier molecular flexibility index (Phi) is 6.06. The lowest BCUT2D eigenvalue weighted by molar-refractivity contribution is 0.176. The highest BCUT2D eigenvalue weighted by atomic mass is 79.9. The smallest absolute Gasteiger partial charge is 0.169 e. The molecular formula is C13H20BrN3S2. The number of nitrogens with one attached hydrogen (secondary N) is 1. The first kappa shape index (κ1) is 15.2. The minimum absolute atomic E-state index is 0.917. The third-order valence-electron chi connectivity index (χ3n) is 3.19. The van der Waals surface area contributed by atoms with E-state index in [1.54, 1.807) is 0 Å². The van der Waals surface area contributed by atoms with Crippen LogP contribution >= 0.6 is 39.5 Å². The standard InChI is InChI=1S/C13H20BrN3S2/c1-2-5-15-13(18)17-8-6-16(7-9-17)10-11-3-4-12(14)19-11/h3-4H,2,5-10H2,1H3,(H,15,18). The molecule has 3 nitrogen and oxygen atoms in total. The van der Waals surface area contributed by atoms with Crippen LogP contribution in [0, 0.1) is 0 Å². The number of hydrogen-bond acceptors (Lipinski definition) is 3. The van der Waals surface area contributed by atoms with Crippen LogP contribution in [0.2, 0.25) is 0 Å². The summed E-state index contributed by atoms with van der Waals surface area (Å²) in [6.07, 6.45) is 1.12. The molecule has 1 N–H and O–H groups in total. The van der Waals surface area contributed by atoms with Crippen molar-refractivity contribution in [3.05, 3.63) is 20.8 Å². The molecule has 0 spiro atoms. The second kappa shape index (κ2) is 7.57. The summed E-state index contributed by atoms with van der Waals surface area (Å²) < 4.78 is 1.21. The normalized spacial score (nSPS) is 16.6. The summed E-state index contributed by atoms with van der Waals surface area (Å²) in [6.45, 7) is 8.42. The van der Waals surface area contributed by atoms with Gasteiger partial charge in [0.1, 0.15) is 0 Å². The monoisotopic (exact) mass is 361 g/mol. The van der Waals surface area contributed by atoms with Gasteiger partial charge in [0, 0.05) is 44.1 Å². The highest BCUT2D eigenvalue weighted by Crippen LogP contribution is 2.23. The number of rotatable bonds is 4. The average Bonchev–Trinajstić information content (AvgIpc) is 2.82. The van der Waals surface area contributed by atoms with Crippen molar-refractivity contribution < 1.29 is 0 Å². The van der Waals surface area contributed by atoms with Crippen LogP contribution < -0.4 is 5.32 Å². The van der Waals surface area contributed by atoms with E-state index < -0.39 is 0 Å². The van der Waals surface area contributed by atoms with Crippen LogP contribution in [0.4, 0.5) is 0 Å². The van der Waals surface area contributed by atoms with Crippen LogP contribution in [-0.2, 0) is 6.54 Å². The zero-order valence-electron chi connectivity index (χ0n) is 11.2. The summed E-state index contributed by atoms with van der Waals surface area (Å²) in [5, 5.41) is 4.22. The summed E-state index contributed by atoms with van der Waals surface area (Å²) in [7, 11) is 0. The van der Waals surface area contributed by atoms with Crippen molar-refractivity contribution >= 4 is 44.6 Å². The molecule has 0 aliphatic carbocycles. The Hall–Kier alpha value is -0.170. The van der Waals surface area contributed by atoms with Gasteiger partial charge in [-0.25, -0.2) is 0 Å². The van der Waals surface area contributed by atoms with Gasteiger partial charge in [-0.3, -0.25) is 4.90 Å². The van der Waals surface area contributed by atoms with E-state index in [9.17, 15) is 0 Å². The zero-order valence-corrected chi connectivity index (χ0v) is 14.4. The number of piperazine rings is 1. The lowest BCUT2D eigenvalue weighted by Crippen LogP contribution is -2.51. The number of hydrogen-bond donors (Lipinski definition) is 1. The third-order valence-corrected chi connectivity index (χ3v) is 5.20. The van der Waals surface area contributed by atoms with Gasteiger partial charge in [0.15, 0.2) is 5.11 Å². The molecule has 19 heavy (non-hydrogen) atoms. The molecule has 0 aromatic carbocycles. The predicted octanol–water partition coefficient (Wildman–Crippen LogP) is 2.91.